The molecule has 0 radical (unpaired) electrons. The van der Waals surface area contributed by atoms with E-state index in [-0.39, 0.29) is 19.3 Å². The average molecular weight is 408 g/mol. The molecule has 29 heavy (non-hydrogen) atoms. The molecular weight excluding hydrogens is 388 g/mol. The number of carbonyl (C=O) groups excluding carboxylic acids is 1. The molecule has 1 saturated heterocycles. The summed E-state index contributed by atoms with van der Waals surface area (Å²) >= 11 is 0. The molecule has 0 spiro atoms. The van der Waals surface area contributed by atoms with Crippen LogP contribution in [0, 0.1) is 0 Å². The maximum absolute atomic E-state index is 11.7. The number of nitrogens with zero attached hydrogens (tertiary/aromatic N) is 1. The molecule has 1 aromatic heterocycles. The van der Waals surface area contributed by atoms with Crippen molar-refractivity contribution in [3.63, 3.8) is 0 Å². The van der Waals surface area contributed by atoms with Gasteiger partial charge < -0.3 is 24.4 Å². The van der Waals surface area contributed by atoms with Crippen molar-refractivity contribution in [2.24, 2.45) is 0 Å². The molecule has 2 heterocycles. The van der Waals surface area contributed by atoms with E-state index in [4.69, 9.17) is 29.2 Å². The van der Waals surface area contributed by atoms with Gasteiger partial charge in [0.15, 0.2) is 0 Å². The number of carbonyl (C=O) groups is 2. The number of carboxylic acid groups (broad SMARTS) is 2. The molecule has 11 heteroatoms. The van der Waals surface area contributed by atoms with Crippen LogP contribution in [-0.4, -0.2) is 44.8 Å². The van der Waals surface area contributed by atoms with Crippen LogP contribution in [0.25, 0.3) is 0 Å². The highest BCUT2D eigenvalue weighted by atomic mass is 16.7. The Bertz CT molecular complexity index is 919. The lowest BCUT2D eigenvalue weighted by atomic mass is 10.2. The van der Waals surface area contributed by atoms with Gasteiger partial charge in [0.05, 0.1) is 6.10 Å². The highest BCUT2D eigenvalue weighted by Gasteiger charge is 2.28. The number of aromatic nitrogens is 2. The van der Waals surface area contributed by atoms with Gasteiger partial charge in [0, 0.05) is 12.3 Å². The first-order valence-electron chi connectivity index (χ1n) is 8.57. The lowest BCUT2D eigenvalue weighted by molar-refractivity contribution is -0.0409. The van der Waals surface area contributed by atoms with Crippen LogP contribution in [0.2, 0.25) is 0 Å². The third kappa shape index (κ3) is 7.50. The third-order valence-corrected chi connectivity index (χ3v) is 3.83. The van der Waals surface area contributed by atoms with Gasteiger partial charge in [0.1, 0.15) is 19.4 Å². The molecule has 2 unspecified atom stereocenters. The summed E-state index contributed by atoms with van der Waals surface area (Å²) in [6.07, 6.45) is -0.812. The molecule has 0 amide bonds. The molecule has 2 aromatic rings. The summed E-state index contributed by atoms with van der Waals surface area (Å²) in [5.41, 5.74) is -0.115. The standard InChI is InChI=1S/C17H18N2O6.CH2O3/c20-14-8-9-19(16(21)18-14)15-7-6-13(25-15)11-24-17(22)23-10-12-4-2-1-3-5-12;2-1(3)4/h1-5,8-9,13,15H,6-7,10-11H2,(H,18,20,21);(H2,2,3,4). The van der Waals surface area contributed by atoms with E-state index in [9.17, 15) is 14.4 Å². The molecule has 0 bridgehead atoms. The molecule has 1 aromatic carbocycles. The minimum absolute atomic E-state index is 0.0439. The topological polar surface area (TPSA) is 157 Å². The molecule has 1 fully saturated rings. The highest BCUT2D eigenvalue weighted by molar-refractivity contribution is 5.59. The van der Waals surface area contributed by atoms with Crippen LogP contribution < -0.4 is 11.2 Å². The molecule has 1 aliphatic rings. The largest absolute Gasteiger partial charge is 0.508 e. The predicted molar refractivity (Wildman–Crippen MR) is 97.7 cm³/mol. The van der Waals surface area contributed by atoms with Gasteiger partial charge in [-0.15, -0.1) is 0 Å². The molecule has 3 N–H and O–H groups in total. The first-order chi connectivity index (χ1) is 13.8. The maximum Gasteiger partial charge on any atom is 0.508 e. The van der Waals surface area contributed by atoms with Crippen molar-refractivity contribution in [2.45, 2.75) is 31.8 Å². The van der Waals surface area contributed by atoms with Crippen LogP contribution >= 0.6 is 0 Å². The SMILES string of the molecule is O=C(O)O.O=C(OCc1ccccc1)OCC1CCC(n2ccc(=O)[nH]c2=O)O1. The average Bonchev–Trinajstić information content (AvgIpc) is 3.14. The number of rotatable bonds is 5. The molecular formula is C18H20N2O9. The van der Waals surface area contributed by atoms with Gasteiger partial charge in [0.2, 0.25) is 0 Å². The fourth-order valence-electron chi connectivity index (χ4n) is 2.59. The number of benzene rings is 1. The fraction of sp³-hybridized carbons (Fsp3) is 0.333. The summed E-state index contributed by atoms with van der Waals surface area (Å²) in [5, 5.41) is 13.9. The predicted octanol–water partition coefficient (Wildman–Crippen LogP) is 1.79. The van der Waals surface area contributed by atoms with Gasteiger partial charge in [-0.25, -0.2) is 14.4 Å². The molecule has 1 aliphatic heterocycles. The zero-order chi connectivity index (χ0) is 21.2. The van der Waals surface area contributed by atoms with Gasteiger partial charge in [0.25, 0.3) is 5.56 Å². The minimum Gasteiger partial charge on any atom is -0.450 e. The lowest BCUT2D eigenvalue weighted by Gasteiger charge is -2.15. The zero-order valence-electron chi connectivity index (χ0n) is 15.2. The summed E-state index contributed by atoms with van der Waals surface area (Å²) in [4.78, 5) is 45.2. The van der Waals surface area contributed by atoms with Crippen molar-refractivity contribution in [3.8, 4) is 0 Å². The Morgan fingerprint density at radius 2 is 1.79 bits per heavy atom. The highest BCUT2D eigenvalue weighted by Crippen LogP contribution is 2.26. The van der Waals surface area contributed by atoms with Crippen molar-refractivity contribution in [3.05, 3.63) is 69.0 Å². The van der Waals surface area contributed by atoms with Gasteiger partial charge in [-0.1, -0.05) is 30.3 Å². The van der Waals surface area contributed by atoms with E-state index < -0.39 is 29.8 Å². The van der Waals surface area contributed by atoms with Crippen LogP contribution in [0.3, 0.4) is 0 Å². The van der Waals surface area contributed by atoms with Crippen molar-refractivity contribution in [1.29, 1.82) is 0 Å². The second-order valence-electron chi connectivity index (χ2n) is 5.93. The normalized spacial score (nSPS) is 17.7. The van der Waals surface area contributed by atoms with Crippen LogP contribution in [0.1, 0.15) is 24.6 Å². The van der Waals surface area contributed by atoms with E-state index in [1.807, 2.05) is 30.3 Å². The van der Waals surface area contributed by atoms with Crippen molar-refractivity contribution in [1.82, 2.24) is 9.55 Å². The second-order valence-corrected chi connectivity index (χ2v) is 5.93. The monoisotopic (exact) mass is 408 g/mol. The van der Waals surface area contributed by atoms with E-state index >= 15 is 0 Å². The number of ether oxygens (including phenoxy) is 3. The molecule has 156 valence electrons. The van der Waals surface area contributed by atoms with Crippen molar-refractivity contribution >= 4 is 12.3 Å². The van der Waals surface area contributed by atoms with Crippen molar-refractivity contribution < 1.29 is 34.0 Å². The quantitative estimate of drug-likeness (QED) is 0.627. The summed E-state index contributed by atoms with van der Waals surface area (Å²) in [6, 6.07) is 10.5. The number of aromatic amines is 1. The number of hydrogen-bond donors (Lipinski definition) is 3. The van der Waals surface area contributed by atoms with E-state index in [1.165, 1.54) is 16.8 Å². The minimum atomic E-state index is -1.83. The number of H-pyrrole nitrogens is 1. The number of nitrogens with one attached hydrogen (secondary N) is 1. The van der Waals surface area contributed by atoms with Crippen LogP contribution in [0.15, 0.2) is 52.2 Å². The Balaban J connectivity index is 0.000000687. The Morgan fingerprint density at radius 1 is 1.10 bits per heavy atom. The second kappa shape index (κ2) is 10.7. The number of hydrogen-bond acceptors (Lipinski definition) is 7. The fourth-order valence-corrected chi connectivity index (χ4v) is 2.59. The third-order valence-electron chi connectivity index (χ3n) is 3.83. The van der Waals surface area contributed by atoms with Gasteiger partial charge >= 0.3 is 18.0 Å². The van der Waals surface area contributed by atoms with E-state index in [0.29, 0.717) is 12.8 Å². The van der Waals surface area contributed by atoms with Crippen LogP contribution in [0.4, 0.5) is 9.59 Å². The van der Waals surface area contributed by atoms with Gasteiger partial charge in [-0.05, 0) is 18.4 Å². The van der Waals surface area contributed by atoms with E-state index in [2.05, 4.69) is 4.98 Å². The zero-order valence-corrected chi connectivity index (χ0v) is 15.2. The molecule has 0 aliphatic carbocycles. The lowest BCUT2D eigenvalue weighted by Crippen LogP contribution is -2.31. The Hall–Kier alpha value is -3.60. The summed E-state index contributed by atoms with van der Waals surface area (Å²) in [6.45, 7) is 0.183. The summed E-state index contributed by atoms with van der Waals surface area (Å²) < 4.78 is 17.1. The Labute approximate surface area is 164 Å². The first-order valence-corrected chi connectivity index (χ1v) is 8.57. The Kier molecular flexibility index (Phi) is 7.98. The molecule has 2 atom stereocenters. The van der Waals surface area contributed by atoms with Crippen molar-refractivity contribution in [2.75, 3.05) is 6.61 Å². The molecule has 11 nitrogen and oxygen atoms in total. The van der Waals surface area contributed by atoms with E-state index in [1.54, 1.807) is 0 Å². The Morgan fingerprint density at radius 3 is 2.45 bits per heavy atom. The maximum atomic E-state index is 11.7. The van der Waals surface area contributed by atoms with E-state index in [0.717, 1.165) is 5.56 Å². The molecule has 3 rings (SSSR count). The van der Waals surface area contributed by atoms with Crippen LogP contribution in [-0.2, 0) is 20.8 Å². The smallest absolute Gasteiger partial charge is 0.450 e. The van der Waals surface area contributed by atoms with Crippen LogP contribution in [0.5, 0.6) is 0 Å². The van der Waals surface area contributed by atoms with Gasteiger partial charge in [-0.3, -0.25) is 14.3 Å². The summed E-state index contributed by atoms with van der Waals surface area (Å²) in [7, 11) is 0. The molecule has 0 saturated carbocycles. The first kappa shape index (κ1) is 21.7. The van der Waals surface area contributed by atoms with Gasteiger partial charge in [-0.2, -0.15) is 0 Å². The summed E-state index contributed by atoms with van der Waals surface area (Å²) in [5.74, 6) is 0.